The van der Waals surface area contributed by atoms with Crippen molar-refractivity contribution in [1.82, 2.24) is 0 Å². The first-order valence-corrected chi connectivity index (χ1v) is 21.3. The molecule has 0 aliphatic rings. The Bertz CT molecular complexity index is 2220. The Morgan fingerprint density at radius 1 is 0.328 bits per heavy atom. The highest BCUT2D eigenvalue weighted by molar-refractivity contribution is 5.83. The second kappa shape index (κ2) is 15.5. The van der Waals surface area contributed by atoms with Crippen LogP contribution in [0.25, 0.3) is 44.5 Å². The molecule has 1 nitrogen and oxygen atoms in total. The zero-order valence-corrected chi connectivity index (χ0v) is 38.2. The lowest BCUT2D eigenvalue weighted by Gasteiger charge is -2.31. The predicted molar refractivity (Wildman–Crippen MR) is 252 cm³/mol. The molecule has 0 aromatic heterocycles. The van der Waals surface area contributed by atoms with Gasteiger partial charge in [-0.15, -0.1) is 0 Å². The molecule has 0 atom stereocenters. The number of benzene rings is 6. The Morgan fingerprint density at radius 3 is 0.776 bits per heavy atom. The molecule has 0 fully saturated rings. The van der Waals surface area contributed by atoms with E-state index >= 15 is 0 Å². The summed E-state index contributed by atoms with van der Waals surface area (Å²) >= 11 is 0. The first-order valence-electron chi connectivity index (χ1n) is 21.3. The van der Waals surface area contributed by atoms with Crippen molar-refractivity contribution in [2.24, 2.45) is 0 Å². The zero-order chi connectivity index (χ0) is 42.6. The molecule has 6 aromatic carbocycles. The van der Waals surface area contributed by atoms with Crippen molar-refractivity contribution < 1.29 is 5.11 Å². The molecule has 0 aliphatic heterocycles. The topological polar surface area (TPSA) is 20.2 Å². The highest BCUT2D eigenvalue weighted by Gasteiger charge is 2.29. The average molecular weight is 769 g/mol. The highest BCUT2D eigenvalue weighted by Crippen LogP contribution is 2.44. The Labute approximate surface area is 351 Å². The van der Waals surface area contributed by atoms with E-state index in [2.05, 4.69) is 225 Å². The molecule has 0 saturated carbocycles. The Hall–Kier alpha value is -4.72. The molecule has 1 heteroatoms. The lowest BCUT2D eigenvalue weighted by Crippen LogP contribution is -2.20. The molecular weight excluding hydrogens is 701 g/mol. The lowest BCUT2D eigenvalue weighted by molar-refractivity contribution is 0.283. The van der Waals surface area contributed by atoms with Gasteiger partial charge in [-0.2, -0.15) is 0 Å². The Balaban J connectivity index is 1.61. The first-order chi connectivity index (χ1) is 26.9. The number of aliphatic hydroxyl groups is 1. The molecule has 0 spiro atoms. The fraction of sp³-hybridized carbons (Fsp3) is 0.368. The van der Waals surface area contributed by atoms with E-state index < -0.39 is 5.41 Å². The number of hydrogen-bond donors (Lipinski definition) is 1. The monoisotopic (exact) mass is 769 g/mol. The summed E-state index contributed by atoms with van der Waals surface area (Å²) in [6.07, 6.45) is 0. The van der Waals surface area contributed by atoms with E-state index in [4.69, 9.17) is 0 Å². The second-order valence-corrected chi connectivity index (χ2v) is 21.3. The predicted octanol–water partition coefficient (Wildman–Crippen LogP) is 15.7. The van der Waals surface area contributed by atoms with E-state index in [-0.39, 0.29) is 28.3 Å². The molecule has 0 saturated heterocycles. The molecule has 0 aliphatic carbocycles. The summed E-state index contributed by atoms with van der Waals surface area (Å²) in [6, 6.07) is 45.9. The van der Waals surface area contributed by atoms with Crippen LogP contribution < -0.4 is 0 Å². The maximum absolute atomic E-state index is 11.2. The van der Waals surface area contributed by atoms with Gasteiger partial charge in [0, 0.05) is 5.41 Å². The second-order valence-electron chi connectivity index (χ2n) is 21.3. The van der Waals surface area contributed by atoms with Crippen LogP contribution in [-0.2, 0) is 33.7 Å². The van der Waals surface area contributed by atoms with E-state index in [1.54, 1.807) is 0 Å². The van der Waals surface area contributed by atoms with Crippen molar-refractivity contribution in [3.8, 4) is 44.5 Å². The summed E-state index contributed by atoms with van der Waals surface area (Å²) in [5.41, 5.74) is 19.1. The molecule has 6 rings (SSSR count). The summed E-state index contributed by atoms with van der Waals surface area (Å²) in [4.78, 5) is 0. The number of aliphatic hydroxyl groups excluding tert-OH is 1. The number of rotatable bonds is 7. The van der Waals surface area contributed by atoms with Crippen LogP contribution in [0.3, 0.4) is 0 Å². The van der Waals surface area contributed by atoms with Gasteiger partial charge < -0.3 is 5.11 Å². The van der Waals surface area contributed by atoms with Crippen LogP contribution in [0.2, 0.25) is 0 Å². The van der Waals surface area contributed by atoms with Crippen LogP contribution in [0.15, 0.2) is 121 Å². The molecule has 0 heterocycles. The van der Waals surface area contributed by atoms with E-state index in [9.17, 15) is 5.11 Å². The molecule has 302 valence electrons. The van der Waals surface area contributed by atoms with E-state index in [1.165, 1.54) is 61.2 Å². The van der Waals surface area contributed by atoms with Crippen LogP contribution in [0, 0.1) is 6.92 Å². The standard InChI is InChI=1S/C57H68O/c1-37-48(38-16-24-42(25-17-38)53(2,3)4)32-46(33-49(37)39-18-26-43(27-19-39)54(5,6)7)57(14,15)47-34-50(40-20-28-44(29-21-40)55(8,9)10)52(36-58)51(35-47)41-22-30-45(31-23-41)56(11,12)13/h16-35,58H,36H2,1-15H3. The lowest BCUT2D eigenvalue weighted by atomic mass is 9.73. The SMILES string of the molecule is Cc1c(-c2ccc(C(C)(C)C)cc2)cc(C(C)(C)c2cc(-c3ccc(C(C)(C)C)cc3)c(CO)c(-c3ccc(C(C)(C)C)cc3)c2)cc1-c1ccc(C(C)(C)C)cc1. The minimum atomic E-state index is -0.401. The van der Waals surface area contributed by atoms with Gasteiger partial charge in [0.2, 0.25) is 0 Å². The third kappa shape index (κ3) is 8.81. The molecule has 0 bridgehead atoms. The van der Waals surface area contributed by atoms with Crippen molar-refractivity contribution in [1.29, 1.82) is 0 Å². The van der Waals surface area contributed by atoms with E-state index in [1.807, 2.05) is 0 Å². The summed E-state index contributed by atoms with van der Waals surface area (Å²) in [6.45, 7) is 34.1. The maximum Gasteiger partial charge on any atom is 0.0693 e. The smallest absolute Gasteiger partial charge is 0.0693 e. The Kier molecular flexibility index (Phi) is 11.4. The van der Waals surface area contributed by atoms with Crippen molar-refractivity contribution in [3.05, 3.63) is 166 Å². The van der Waals surface area contributed by atoms with Gasteiger partial charge in [0.15, 0.2) is 0 Å². The van der Waals surface area contributed by atoms with Crippen molar-refractivity contribution in [3.63, 3.8) is 0 Å². The van der Waals surface area contributed by atoms with Crippen LogP contribution in [0.1, 0.15) is 141 Å². The minimum absolute atomic E-state index is 0.0448. The number of hydrogen-bond acceptors (Lipinski definition) is 1. The van der Waals surface area contributed by atoms with E-state index in [0.29, 0.717) is 0 Å². The van der Waals surface area contributed by atoms with Crippen molar-refractivity contribution >= 4 is 0 Å². The molecular formula is C57H68O. The summed E-state index contributed by atoms with van der Waals surface area (Å²) in [5, 5.41) is 11.2. The quantitative estimate of drug-likeness (QED) is 0.171. The largest absolute Gasteiger partial charge is 0.392 e. The van der Waals surface area contributed by atoms with Crippen molar-refractivity contribution in [2.75, 3.05) is 0 Å². The van der Waals surface area contributed by atoms with Crippen molar-refractivity contribution in [2.45, 2.75) is 138 Å². The van der Waals surface area contributed by atoms with Gasteiger partial charge in [0.05, 0.1) is 6.61 Å². The van der Waals surface area contributed by atoms with Crippen LogP contribution in [0.4, 0.5) is 0 Å². The zero-order valence-electron chi connectivity index (χ0n) is 38.2. The highest BCUT2D eigenvalue weighted by atomic mass is 16.3. The van der Waals surface area contributed by atoms with Crippen LogP contribution in [0.5, 0.6) is 0 Å². The summed E-state index contributed by atoms with van der Waals surface area (Å²) in [7, 11) is 0. The van der Waals surface area contributed by atoms with Gasteiger partial charge in [-0.25, -0.2) is 0 Å². The third-order valence-electron chi connectivity index (χ3n) is 12.5. The molecule has 6 aromatic rings. The Morgan fingerprint density at radius 2 is 0.552 bits per heavy atom. The van der Waals surface area contributed by atoms with Crippen LogP contribution >= 0.6 is 0 Å². The van der Waals surface area contributed by atoms with Gasteiger partial charge in [-0.3, -0.25) is 0 Å². The van der Waals surface area contributed by atoms with Gasteiger partial charge in [-0.1, -0.05) is 194 Å². The normalized spacial score (nSPS) is 12.9. The van der Waals surface area contributed by atoms with Gasteiger partial charge in [0.25, 0.3) is 0 Å². The van der Waals surface area contributed by atoms with Gasteiger partial charge in [0.1, 0.15) is 0 Å². The summed E-state index contributed by atoms with van der Waals surface area (Å²) < 4.78 is 0. The minimum Gasteiger partial charge on any atom is -0.392 e. The third-order valence-corrected chi connectivity index (χ3v) is 12.5. The van der Waals surface area contributed by atoms with Crippen LogP contribution in [-0.4, -0.2) is 5.11 Å². The first kappa shape index (κ1) is 42.9. The van der Waals surface area contributed by atoms with E-state index in [0.717, 1.165) is 27.8 Å². The molecule has 0 amide bonds. The molecule has 0 radical (unpaired) electrons. The van der Waals surface area contributed by atoms with Gasteiger partial charge in [-0.05, 0) is 142 Å². The summed E-state index contributed by atoms with van der Waals surface area (Å²) in [5.74, 6) is 0. The molecule has 58 heavy (non-hydrogen) atoms. The maximum atomic E-state index is 11.2. The molecule has 1 N–H and O–H groups in total. The van der Waals surface area contributed by atoms with Gasteiger partial charge >= 0.3 is 0 Å². The fourth-order valence-corrected chi connectivity index (χ4v) is 8.16. The fourth-order valence-electron chi connectivity index (χ4n) is 8.16. The molecule has 0 unspecified atom stereocenters. The average Bonchev–Trinajstić information content (AvgIpc) is 3.16.